The van der Waals surface area contributed by atoms with Crippen molar-refractivity contribution in [3.63, 3.8) is 0 Å². The maximum Gasteiger partial charge on any atom is 0.223 e. The van der Waals surface area contributed by atoms with E-state index in [1.54, 1.807) is 0 Å². The van der Waals surface area contributed by atoms with Gasteiger partial charge in [-0.1, -0.05) is 6.92 Å². The van der Waals surface area contributed by atoms with Gasteiger partial charge >= 0.3 is 0 Å². The molecule has 0 aliphatic carbocycles. The Kier molecular flexibility index (Phi) is 3.72. The van der Waals surface area contributed by atoms with Crippen LogP contribution in [0.2, 0.25) is 0 Å². The summed E-state index contributed by atoms with van der Waals surface area (Å²) in [6.07, 6.45) is 1.84. The Bertz CT molecular complexity index is 180. The maximum absolute atomic E-state index is 11.6. The number of hydrogen-bond acceptors (Lipinski definition) is 2. The van der Waals surface area contributed by atoms with Crippen molar-refractivity contribution in [1.82, 2.24) is 9.80 Å². The first-order chi connectivity index (χ1) is 6.09. The van der Waals surface area contributed by atoms with E-state index in [9.17, 15) is 4.79 Å². The molecule has 0 radical (unpaired) electrons. The van der Waals surface area contributed by atoms with Crippen LogP contribution in [-0.4, -0.2) is 49.4 Å². The molecule has 0 aromatic rings. The molecule has 13 heavy (non-hydrogen) atoms. The molecule has 3 nitrogen and oxygen atoms in total. The van der Waals surface area contributed by atoms with Crippen LogP contribution in [0.4, 0.5) is 0 Å². The van der Waals surface area contributed by atoms with Gasteiger partial charge in [0, 0.05) is 26.1 Å². The number of carbonyl (C=O) groups excluding carboxylic acids is 1. The molecule has 0 bridgehead atoms. The monoisotopic (exact) mass is 184 g/mol. The molecule has 1 aliphatic heterocycles. The van der Waals surface area contributed by atoms with Crippen LogP contribution in [0.15, 0.2) is 0 Å². The fraction of sp³-hybridized carbons (Fsp3) is 0.900. The van der Waals surface area contributed by atoms with Crippen molar-refractivity contribution in [2.75, 3.05) is 33.7 Å². The van der Waals surface area contributed by atoms with E-state index in [1.807, 2.05) is 19.0 Å². The molecule has 1 unspecified atom stereocenters. The van der Waals surface area contributed by atoms with Crippen molar-refractivity contribution in [2.24, 2.45) is 5.92 Å². The number of amides is 1. The summed E-state index contributed by atoms with van der Waals surface area (Å²) in [5.74, 6) is 1.02. The zero-order valence-electron chi connectivity index (χ0n) is 8.92. The highest BCUT2D eigenvalue weighted by atomic mass is 16.2. The van der Waals surface area contributed by atoms with Crippen LogP contribution in [-0.2, 0) is 4.79 Å². The number of rotatable bonds is 3. The lowest BCUT2D eigenvalue weighted by Gasteiger charge is -2.17. The molecule has 1 atom stereocenters. The van der Waals surface area contributed by atoms with E-state index in [-0.39, 0.29) is 0 Å². The zero-order chi connectivity index (χ0) is 9.84. The first kappa shape index (κ1) is 10.5. The second-order valence-electron chi connectivity index (χ2n) is 4.29. The molecular weight excluding hydrogens is 164 g/mol. The average Bonchev–Trinajstić information content (AvgIpc) is 2.47. The van der Waals surface area contributed by atoms with Gasteiger partial charge in [0.2, 0.25) is 5.91 Å². The van der Waals surface area contributed by atoms with Gasteiger partial charge in [-0.15, -0.1) is 0 Å². The SMILES string of the molecule is CC1CCN(C(=O)CCN(C)C)C1. The number of hydrogen-bond donors (Lipinski definition) is 0. The predicted octanol–water partition coefficient (Wildman–Crippen LogP) is 0.806. The van der Waals surface area contributed by atoms with Crippen LogP contribution in [0.1, 0.15) is 19.8 Å². The van der Waals surface area contributed by atoms with Crippen LogP contribution < -0.4 is 0 Å². The van der Waals surface area contributed by atoms with Crippen LogP contribution in [0.3, 0.4) is 0 Å². The van der Waals surface area contributed by atoms with Crippen LogP contribution in [0.25, 0.3) is 0 Å². The summed E-state index contributed by atoms with van der Waals surface area (Å²) in [7, 11) is 4.00. The minimum absolute atomic E-state index is 0.318. The molecule has 1 heterocycles. The van der Waals surface area contributed by atoms with Crippen molar-refractivity contribution >= 4 is 5.91 Å². The van der Waals surface area contributed by atoms with Gasteiger partial charge in [0.05, 0.1) is 0 Å². The third-order valence-electron chi connectivity index (χ3n) is 2.55. The van der Waals surface area contributed by atoms with Crippen molar-refractivity contribution in [1.29, 1.82) is 0 Å². The lowest BCUT2D eigenvalue weighted by atomic mass is 10.2. The minimum atomic E-state index is 0.318. The highest BCUT2D eigenvalue weighted by Gasteiger charge is 2.22. The van der Waals surface area contributed by atoms with Gasteiger partial charge in [-0.05, 0) is 26.4 Å². The summed E-state index contributed by atoms with van der Waals surface area (Å²) in [5.41, 5.74) is 0. The second kappa shape index (κ2) is 4.61. The van der Waals surface area contributed by atoms with E-state index >= 15 is 0 Å². The summed E-state index contributed by atoms with van der Waals surface area (Å²) in [6, 6.07) is 0. The van der Waals surface area contributed by atoms with Gasteiger partial charge in [0.1, 0.15) is 0 Å². The molecule has 1 fully saturated rings. The van der Waals surface area contributed by atoms with Crippen LogP contribution in [0.5, 0.6) is 0 Å². The Hall–Kier alpha value is -0.570. The van der Waals surface area contributed by atoms with E-state index in [4.69, 9.17) is 0 Å². The summed E-state index contributed by atoms with van der Waals surface area (Å²) >= 11 is 0. The third kappa shape index (κ3) is 3.35. The maximum atomic E-state index is 11.6. The van der Waals surface area contributed by atoms with Gasteiger partial charge in [0.15, 0.2) is 0 Å². The average molecular weight is 184 g/mol. The van der Waals surface area contributed by atoms with Crippen LogP contribution >= 0.6 is 0 Å². The Morgan fingerprint density at radius 3 is 2.69 bits per heavy atom. The standard InChI is InChI=1S/C10H20N2O/c1-9-4-7-12(8-9)10(13)5-6-11(2)3/h9H,4-8H2,1-3H3. The molecule has 1 amide bonds. The highest BCUT2D eigenvalue weighted by Crippen LogP contribution is 2.15. The quantitative estimate of drug-likeness (QED) is 0.648. The number of carbonyl (C=O) groups is 1. The summed E-state index contributed by atoms with van der Waals surface area (Å²) in [5, 5.41) is 0. The summed E-state index contributed by atoms with van der Waals surface area (Å²) in [4.78, 5) is 15.6. The molecule has 76 valence electrons. The molecule has 3 heteroatoms. The van der Waals surface area contributed by atoms with Gasteiger partial charge < -0.3 is 9.80 Å². The molecule has 1 saturated heterocycles. The van der Waals surface area contributed by atoms with E-state index in [0.29, 0.717) is 18.2 Å². The van der Waals surface area contributed by atoms with E-state index in [0.717, 1.165) is 19.6 Å². The lowest BCUT2D eigenvalue weighted by molar-refractivity contribution is -0.130. The predicted molar refractivity (Wildman–Crippen MR) is 53.5 cm³/mol. The van der Waals surface area contributed by atoms with E-state index in [1.165, 1.54) is 6.42 Å². The fourth-order valence-corrected chi connectivity index (χ4v) is 1.64. The minimum Gasteiger partial charge on any atom is -0.342 e. The molecule has 1 aliphatic rings. The zero-order valence-corrected chi connectivity index (χ0v) is 8.92. The van der Waals surface area contributed by atoms with Gasteiger partial charge in [-0.25, -0.2) is 0 Å². The normalized spacial score (nSPS) is 22.8. The molecule has 0 spiro atoms. The molecule has 0 aromatic heterocycles. The number of nitrogens with zero attached hydrogens (tertiary/aromatic N) is 2. The summed E-state index contributed by atoms with van der Waals surface area (Å²) < 4.78 is 0. The van der Waals surface area contributed by atoms with E-state index < -0.39 is 0 Å². The van der Waals surface area contributed by atoms with E-state index in [2.05, 4.69) is 11.8 Å². The second-order valence-corrected chi connectivity index (χ2v) is 4.29. The van der Waals surface area contributed by atoms with Crippen molar-refractivity contribution in [3.8, 4) is 0 Å². The third-order valence-corrected chi connectivity index (χ3v) is 2.55. The van der Waals surface area contributed by atoms with Crippen LogP contribution in [0, 0.1) is 5.92 Å². The highest BCUT2D eigenvalue weighted by molar-refractivity contribution is 5.76. The lowest BCUT2D eigenvalue weighted by Crippen LogP contribution is -2.31. The molecule has 0 saturated carbocycles. The van der Waals surface area contributed by atoms with Crippen molar-refractivity contribution in [2.45, 2.75) is 19.8 Å². The fourth-order valence-electron chi connectivity index (χ4n) is 1.64. The Labute approximate surface area is 80.7 Å². The first-order valence-electron chi connectivity index (χ1n) is 5.02. The molecule has 0 aromatic carbocycles. The van der Waals surface area contributed by atoms with Gasteiger partial charge in [-0.3, -0.25) is 4.79 Å². The summed E-state index contributed by atoms with van der Waals surface area (Å²) in [6.45, 7) is 5.00. The Morgan fingerprint density at radius 2 is 2.23 bits per heavy atom. The van der Waals surface area contributed by atoms with Crippen molar-refractivity contribution < 1.29 is 4.79 Å². The molecule has 1 rings (SSSR count). The topological polar surface area (TPSA) is 23.6 Å². The number of likely N-dealkylation sites (tertiary alicyclic amines) is 1. The van der Waals surface area contributed by atoms with Crippen molar-refractivity contribution in [3.05, 3.63) is 0 Å². The first-order valence-corrected chi connectivity index (χ1v) is 5.02. The Balaban J connectivity index is 2.24. The molecule has 0 N–H and O–H groups in total. The molecular formula is C10H20N2O. The largest absolute Gasteiger partial charge is 0.342 e. The van der Waals surface area contributed by atoms with Gasteiger partial charge in [-0.2, -0.15) is 0 Å². The van der Waals surface area contributed by atoms with Gasteiger partial charge in [0.25, 0.3) is 0 Å². The Morgan fingerprint density at radius 1 is 1.54 bits per heavy atom. The smallest absolute Gasteiger partial charge is 0.223 e.